The van der Waals surface area contributed by atoms with Crippen LogP contribution >= 0.6 is 0 Å². The monoisotopic (exact) mass is 232 g/mol. The van der Waals surface area contributed by atoms with E-state index in [4.69, 9.17) is 10.5 Å². The molecule has 3 rings (SSSR count). The minimum Gasteiger partial charge on any atom is -0.490 e. The van der Waals surface area contributed by atoms with Crippen molar-refractivity contribution in [1.82, 2.24) is 0 Å². The van der Waals surface area contributed by atoms with Gasteiger partial charge in [0.2, 0.25) is 0 Å². The van der Waals surface area contributed by atoms with Crippen LogP contribution in [0, 0.1) is 0 Å². The highest BCUT2D eigenvalue weighted by atomic mass is 16.5. The molecule has 1 saturated heterocycles. The third-order valence-corrected chi connectivity index (χ3v) is 3.47. The van der Waals surface area contributed by atoms with Gasteiger partial charge >= 0.3 is 0 Å². The van der Waals surface area contributed by atoms with Crippen LogP contribution < -0.4 is 15.4 Å². The molecule has 0 radical (unpaired) electrons. The van der Waals surface area contributed by atoms with E-state index in [0.717, 1.165) is 25.3 Å². The average molecular weight is 232 g/mol. The first-order chi connectivity index (χ1) is 8.31. The second kappa shape index (κ2) is 4.57. The summed E-state index contributed by atoms with van der Waals surface area (Å²) in [6.07, 6.45) is 5.22. The third kappa shape index (κ3) is 2.72. The van der Waals surface area contributed by atoms with Crippen molar-refractivity contribution in [2.45, 2.75) is 37.8 Å². The minimum absolute atomic E-state index is 0.316. The van der Waals surface area contributed by atoms with Crippen molar-refractivity contribution >= 4 is 5.69 Å². The van der Waals surface area contributed by atoms with Crippen molar-refractivity contribution in [3.8, 4) is 5.75 Å². The Morgan fingerprint density at radius 1 is 1.24 bits per heavy atom. The number of nitrogens with two attached hydrogens (primary N) is 1. The topological polar surface area (TPSA) is 38.5 Å². The lowest BCUT2D eigenvalue weighted by atomic mass is 10.1. The first-order valence-electron chi connectivity index (χ1n) is 6.58. The van der Waals surface area contributed by atoms with Crippen LogP contribution in [0.25, 0.3) is 0 Å². The lowest BCUT2D eigenvalue weighted by molar-refractivity contribution is 0.303. The molecule has 1 aromatic rings. The number of benzene rings is 1. The Kier molecular flexibility index (Phi) is 2.93. The van der Waals surface area contributed by atoms with Crippen LogP contribution in [-0.2, 0) is 0 Å². The van der Waals surface area contributed by atoms with E-state index in [9.17, 15) is 0 Å². The van der Waals surface area contributed by atoms with Crippen molar-refractivity contribution in [3.05, 3.63) is 24.3 Å². The normalized spacial score (nSPS) is 24.8. The van der Waals surface area contributed by atoms with Crippen LogP contribution in [0.2, 0.25) is 0 Å². The van der Waals surface area contributed by atoms with E-state index in [1.165, 1.54) is 24.9 Å². The van der Waals surface area contributed by atoms with Crippen LogP contribution in [0.4, 0.5) is 5.69 Å². The average Bonchev–Trinajstić information content (AvgIpc) is 3.13. The van der Waals surface area contributed by atoms with Gasteiger partial charge in [-0.3, -0.25) is 0 Å². The Bertz CT molecular complexity index is 390. The number of rotatable bonds is 3. The van der Waals surface area contributed by atoms with E-state index >= 15 is 0 Å². The number of hydrogen-bond acceptors (Lipinski definition) is 3. The second-order valence-corrected chi connectivity index (χ2v) is 5.16. The van der Waals surface area contributed by atoms with Crippen LogP contribution in [0.5, 0.6) is 5.75 Å². The van der Waals surface area contributed by atoms with Crippen molar-refractivity contribution in [2.75, 3.05) is 18.0 Å². The predicted octanol–water partition coefficient (Wildman–Crippen LogP) is 2.16. The van der Waals surface area contributed by atoms with Gasteiger partial charge in [0, 0.05) is 30.9 Å². The van der Waals surface area contributed by atoms with Crippen LogP contribution in [0.15, 0.2) is 24.3 Å². The van der Waals surface area contributed by atoms with Crippen molar-refractivity contribution < 1.29 is 4.74 Å². The Morgan fingerprint density at radius 3 is 2.88 bits per heavy atom. The van der Waals surface area contributed by atoms with Crippen LogP contribution in [-0.4, -0.2) is 25.2 Å². The molecule has 0 spiro atoms. The van der Waals surface area contributed by atoms with Gasteiger partial charge < -0.3 is 15.4 Å². The minimum atomic E-state index is 0.316. The van der Waals surface area contributed by atoms with Crippen molar-refractivity contribution in [3.63, 3.8) is 0 Å². The molecule has 2 N–H and O–H groups in total. The summed E-state index contributed by atoms with van der Waals surface area (Å²) < 4.78 is 5.83. The van der Waals surface area contributed by atoms with Gasteiger partial charge in [-0.15, -0.1) is 0 Å². The van der Waals surface area contributed by atoms with E-state index in [1.807, 2.05) is 6.07 Å². The number of hydrogen-bond donors (Lipinski definition) is 1. The summed E-state index contributed by atoms with van der Waals surface area (Å²) >= 11 is 0. The van der Waals surface area contributed by atoms with Crippen LogP contribution in [0.3, 0.4) is 0 Å². The molecule has 3 nitrogen and oxygen atoms in total. The predicted molar refractivity (Wildman–Crippen MR) is 69.5 cm³/mol. The molecule has 1 saturated carbocycles. The maximum absolute atomic E-state index is 6.02. The smallest absolute Gasteiger partial charge is 0.121 e. The van der Waals surface area contributed by atoms with E-state index in [-0.39, 0.29) is 0 Å². The molecule has 3 heteroatoms. The molecule has 0 amide bonds. The zero-order valence-electron chi connectivity index (χ0n) is 10.1. The molecular weight excluding hydrogens is 212 g/mol. The summed E-state index contributed by atoms with van der Waals surface area (Å²) in [5.74, 6) is 1.00. The Balaban J connectivity index is 1.72. The Labute approximate surface area is 103 Å². The fourth-order valence-electron chi connectivity index (χ4n) is 2.38. The summed E-state index contributed by atoms with van der Waals surface area (Å²) in [5, 5.41) is 0. The molecule has 1 aliphatic heterocycles. The molecule has 0 bridgehead atoms. The Morgan fingerprint density at radius 2 is 2.12 bits per heavy atom. The molecule has 17 heavy (non-hydrogen) atoms. The van der Waals surface area contributed by atoms with E-state index in [1.54, 1.807) is 0 Å². The standard InChI is InChI=1S/C14H20N2O/c15-11-3-2-8-16(10-11)12-4-1-5-14(9-12)17-13-6-7-13/h1,4-5,9,11,13H,2-3,6-8,10,15H2. The summed E-state index contributed by atoms with van der Waals surface area (Å²) in [4.78, 5) is 2.37. The highest BCUT2D eigenvalue weighted by molar-refractivity contribution is 5.51. The van der Waals surface area contributed by atoms with Gasteiger partial charge in [-0.1, -0.05) is 6.07 Å². The molecule has 1 heterocycles. The molecule has 1 aromatic carbocycles. The maximum atomic E-state index is 6.02. The largest absolute Gasteiger partial charge is 0.490 e. The Hall–Kier alpha value is -1.22. The van der Waals surface area contributed by atoms with Gasteiger partial charge in [-0.05, 0) is 37.8 Å². The van der Waals surface area contributed by atoms with Crippen molar-refractivity contribution in [1.29, 1.82) is 0 Å². The number of ether oxygens (including phenoxy) is 1. The van der Waals surface area contributed by atoms with E-state index in [2.05, 4.69) is 23.1 Å². The highest BCUT2D eigenvalue weighted by Crippen LogP contribution is 2.29. The molecule has 1 atom stereocenters. The SMILES string of the molecule is NC1CCCN(c2cccc(OC3CC3)c2)C1. The summed E-state index contributed by atoms with van der Waals surface area (Å²) in [6.45, 7) is 2.08. The number of anilines is 1. The first kappa shape index (κ1) is 10.9. The fraction of sp³-hybridized carbons (Fsp3) is 0.571. The summed E-state index contributed by atoms with van der Waals surface area (Å²) in [7, 11) is 0. The van der Waals surface area contributed by atoms with E-state index in [0.29, 0.717) is 12.1 Å². The molecule has 92 valence electrons. The van der Waals surface area contributed by atoms with Gasteiger partial charge in [0.05, 0.1) is 6.10 Å². The fourth-order valence-corrected chi connectivity index (χ4v) is 2.38. The molecule has 2 aliphatic rings. The maximum Gasteiger partial charge on any atom is 0.121 e. The molecule has 2 fully saturated rings. The molecule has 1 aliphatic carbocycles. The van der Waals surface area contributed by atoms with Gasteiger partial charge in [0.25, 0.3) is 0 Å². The van der Waals surface area contributed by atoms with Gasteiger partial charge in [0.15, 0.2) is 0 Å². The molecule has 1 unspecified atom stereocenters. The van der Waals surface area contributed by atoms with E-state index < -0.39 is 0 Å². The number of piperidine rings is 1. The summed E-state index contributed by atoms with van der Waals surface area (Å²) in [6, 6.07) is 8.74. The molecule has 0 aromatic heterocycles. The first-order valence-corrected chi connectivity index (χ1v) is 6.58. The van der Waals surface area contributed by atoms with Crippen LogP contribution in [0.1, 0.15) is 25.7 Å². The van der Waals surface area contributed by atoms with Gasteiger partial charge in [0.1, 0.15) is 5.75 Å². The second-order valence-electron chi connectivity index (χ2n) is 5.16. The van der Waals surface area contributed by atoms with Crippen molar-refractivity contribution in [2.24, 2.45) is 5.73 Å². The number of nitrogens with zero attached hydrogens (tertiary/aromatic N) is 1. The lowest BCUT2D eigenvalue weighted by Gasteiger charge is -2.32. The highest BCUT2D eigenvalue weighted by Gasteiger charge is 2.24. The molecular formula is C14H20N2O. The zero-order chi connectivity index (χ0) is 11.7. The zero-order valence-corrected chi connectivity index (χ0v) is 10.1. The quantitative estimate of drug-likeness (QED) is 0.868. The van der Waals surface area contributed by atoms with Gasteiger partial charge in [-0.25, -0.2) is 0 Å². The summed E-state index contributed by atoms with van der Waals surface area (Å²) in [5.41, 5.74) is 7.27. The third-order valence-electron chi connectivity index (χ3n) is 3.47. The lowest BCUT2D eigenvalue weighted by Crippen LogP contribution is -2.42. The van der Waals surface area contributed by atoms with Gasteiger partial charge in [-0.2, -0.15) is 0 Å².